The number of aromatic nitrogens is 3. The van der Waals surface area contributed by atoms with Crippen molar-refractivity contribution in [1.29, 1.82) is 0 Å². The summed E-state index contributed by atoms with van der Waals surface area (Å²) in [6.07, 6.45) is 5.03. The van der Waals surface area contributed by atoms with Gasteiger partial charge in [0.05, 0.1) is 10.0 Å². The van der Waals surface area contributed by atoms with Crippen LogP contribution in [0.25, 0.3) is 0 Å². The summed E-state index contributed by atoms with van der Waals surface area (Å²) in [6.45, 7) is 2.94. The highest BCUT2D eigenvalue weighted by Crippen LogP contribution is 2.26. The fraction of sp³-hybridized carbons (Fsp3) is 0.357. The van der Waals surface area contributed by atoms with Crippen LogP contribution in [0.3, 0.4) is 0 Å². The second kappa shape index (κ2) is 6.54. The van der Waals surface area contributed by atoms with Crippen molar-refractivity contribution in [2.75, 3.05) is 31.1 Å². The molecule has 22 heavy (non-hydrogen) atoms. The van der Waals surface area contributed by atoms with Crippen LogP contribution in [0.15, 0.2) is 30.7 Å². The van der Waals surface area contributed by atoms with Crippen molar-refractivity contribution in [2.45, 2.75) is 6.54 Å². The third-order valence-corrected chi connectivity index (χ3v) is 4.06. The second-order valence-corrected chi connectivity index (χ2v) is 5.87. The van der Waals surface area contributed by atoms with E-state index in [2.05, 4.69) is 15.0 Å². The van der Waals surface area contributed by atoms with Crippen molar-refractivity contribution in [3.05, 3.63) is 40.8 Å². The minimum atomic E-state index is 0.0681. The number of anilines is 1. The van der Waals surface area contributed by atoms with Crippen LogP contribution in [0, 0.1) is 0 Å². The molecule has 6 nitrogen and oxygen atoms in total. The summed E-state index contributed by atoms with van der Waals surface area (Å²) in [5, 5.41) is 5.10. The first-order valence-corrected chi connectivity index (χ1v) is 7.70. The number of piperazine rings is 1. The van der Waals surface area contributed by atoms with Crippen molar-refractivity contribution in [3.8, 4) is 0 Å². The fourth-order valence-electron chi connectivity index (χ4n) is 2.44. The summed E-state index contributed by atoms with van der Waals surface area (Å²) in [7, 11) is 0. The summed E-state index contributed by atoms with van der Waals surface area (Å²) < 4.78 is 1.63. The molecule has 1 aliphatic rings. The van der Waals surface area contributed by atoms with Crippen LogP contribution in [0.2, 0.25) is 10.0 Å². The van der Waals surface area contributed by atoms with Gasteiger partial charge in [0.1, 0.15) is 12.4 Å². The molecule has 1 amide bonds. The first-order chi connectivity index (χ1) is 10.6. The number of nitrogens with zero attached hydrogens (tertiary/aromatic N) is 5. The number of amides is 1. The largest absolute Gasteiger partial charge is 0.352 e. The Morgan fingerprint density at radius 3 is 2.64 bits per heavy atom. The van der Waals surface area contributed by atoms with Gasteiger partial charge in [0.2, 0.25) is 5.91 Å². The van der Waals surface area contributed by atoms with Crippen molar-refractivity contribution < 1.29 is 4.79 Å². The molecule has 0 aliphatic carbocycles. The molecule has 1 saturated heterocycles. The Kier molecular flexibility index (Phi) is 4.49. The molecule has 0 saturated carbocycles. The van der Waals surface area contributed by atoms with E-state index in [9.17, 15) is 4.79 Å². The maximum atomic E-state index is 12.2. The van der Waals surface area contributed by atoms with E-state index in [4.69, 9.17) is 23.2 Å². The second-order valence-electron chi connectivity index (χ2n) is 5.03. The number of hydrogen-bond acceptors (Lipinski definition) is 4. The van der Waals surface area contributed by atoms with Gasteiger partial charge in [0.15, 0.2) is 0 Å². The third kappa shape index (κ3) is 3.34. The number of hydrogen-bond donors (Lipinski definition) is 0. The van der Waals surface area contributed by atoms with E-state index in [0.29, 0.717) is 42.0 Å². The fourth-order valence-corrected chi connectivity index (χ4v) is 2.94. The number of pyridine rings is 1. The predicted molar refractivity (Wildman–Crippen MR) is 85.3 cm³/mol. The van der Waals surface area contributed by atoms with E-state index in [0.717, 1.165) is 0 Å². The molecule has 3 rings (SSSR count). The SMILES string of the molecule is O=C(Cn1cccn1)N1CCN(c2ncc(Cl)cc2Cl)CC1. The molecular formula is C14H15Cl2N5O. The zero-order chi connectivity index (χ0) is 15.5. The molecule has 0 bridgehead atoms. The highest BCUT2D eigenvalue weighted by Gasteiger charge is 2.23. The van der Waals surface area contributed by atoms with Crippen molar-refractivity contribution in [1.82, 2.24) is 19.7 Å². The zero-order valence-electron chi connectivity index (χ0n) is 11.8. The lowest BCUT2D eigenvalue weighted by Crippen LogP contribution is -2.50. The third-order valence-electron chi connectivity index (χ3n) is 3.58. The van der Waals surface area contributed by atoms with E-state index < -0.39 is 0 Å². The molecule has 0 radical (unpaired) electrons. The quantitative estimate of drug-likeness (QED) is 0.857. The van der Waals surface area contributed by atoms with Crippen molar-refractivity contribution in [3.63, 3.8) is 0 Å². The van der Waals surface area contributed by atoms with E-state index in [1.54, 1.807) is 35.4 Å². The molecule has 0 unspecified atom stereocenters. The lowest BCUT2D eigenvalue weighted by molar-refractivity contribution is -0.132. The van der Waals surface area contributed by atoms with Gasteiger partial charge in [-0.05, 0) is 12.1 Å². The molecule has 0 N–H and O–H groups in total. The standard InChI is InChI=1S/C14H15Cl2N5O/c15-11-8-12(16)14(17-9-11)20-6-4-19(5-7-20)13(22)10-21-3-1-2-18-21/h1-3,8-9H,4-7,10H2. The summed E-state index contributed by atoms with van der Waals surface area (Å²) in [4.78, 5) is 20.4. The Morgan fingerprint density at radius 2 is 2.00 bits per heavy atom. The molecular weight excluding hydrogens is 325 g/mol. The Balaban J connectivity index is 1.59. The van der Waals surface area contributed by atoms with Crippen molar-refractivity contribution >= 4 is 34.9 Å². The lowest BCUT2D eigenvalue weighted by Gasteiger charge is -2.35. The molecule has 116 valence electrons. The van der Waals surface area contributed by atoms with Gasteiger partial charge < -0.3 is 9.80 Å². The van der Waals surface area contributed by atoms with Crippen molar-refractivity contribution in [2.24, 2.45) is 0 Å². The summed E-state index contributed by atoms with van der Waals surface area (Å²) >= 11 is 12.0. The molecule has 3 heterocycles. The minimum Gasteiger partial charge on any atom is -0.352 e. The van der Waals surface area contributed by atoms with Crippen LogP contribution in [0.4, 0.5) is 5.82 Å². The maximum Gasteiger partial charge on any atom is 0.244 e. The van der Waals surface area contributed by atoms with Gasteiger partial charge >= 0.3 is 0 Å². The number of carbonyl (C=O) groups excluding carboxylic acids is 1. The van der Waals surface area contributed by atoms with Crippen LogP contribution in [0.1, 0.15) is 0 Å². The topological polar surface area (TPSA) is 54.3 Å². The molecule has 0 aromatic carbocycles. The van der Waals surface area contributed by atoms with Gasteiger partial charge in [0, 0.05) is 44.8 Å². The highest BCUT2D eigenvalue weighted by molar-refractivity contribution is 6.36. The Labute approximate surface area is 138 Å². The van der Waals surface area contributed by atoms with Crippen LogP contribution < -0.4 is 4.90 Å². The first kappa shape index (κ1) is 15.1. The van der Waals surface area contributed by atoms with Gasteiger partial charge in [-0.2, -0.15) is 5.10 Å². The lowest BCUT2D eigenvalue weighted by atomic mass is 10.3. The number of carbonyl (C=O) groups is 1. The molecule has 1 fully saturated rings. The summed E-state index contributed by atoms with van der Waals surface area (Å²) in [6, 6.07) is 3.49. The Hall–Kier alpha value is -1.79. The minimum absolute atomic E-state index is 0.0681. The molecule has 0 spiro atoms. The Morgan fingerprint density at radius 1 is 1.23 bits per heavy atom. The maximum absolute atomic E-state index is 12.2. The van der Waals surface area contributed by atoms with Gasteiger partial charge in [-0.1, -0.05) is 23.2 Å². The van der Waals surface area contributed by atoms with Crippen LogP contribution in [-0.2, 0) is 11.3 Å². The summed E-state index contributed by atoms with van der Waals surface area (Å²) in [5.41, 5.74) is 0. The van der Waals surface area contributed by atoms with Gasteiger partial charge in [-0.3, -0.25) is 9.48 Å². The van der Waals surface area contributed by atoms with E-state index in [-0.39, 0.29) is 12.5 Å². The van der Waals surface area contributed by atoms with Crippen LogP contribution in [0.5, 0.6) is 0 Å². The monoisotopic (exact) mass is 339 g/mol. The van der Waals surface area contributed by atoms with E-state index >= 15 is 0 Å². The first-order valence-electron chi connectivity index (χ1n) is 6.94. The molecule has 2 aromatic rings. The van der Waals surface area contributed by atoms with E-state index in [1.807, 2.05) is 4.90 Å². The summed E-state index contributed by atoms with van der Waals surface area (Å²) in [5.74, 6) is 0.781. The van der Waals surface area contributed by atoms with Crippen LogP contribution in [-0.4, -0.2) is 51.8 Å². The number of halogens is 2. The predicted octanol–water partition coefficient (Wildman–Crippen LogP) is 1.93. The van der Waals surface area contributed by atoms with Gasteiger partial charge in [0.25, 0.3) is 0 Å². The molecule has 0 atom stereocenters. The molecule has 8 heteroatoms. The molecule has 2 aromatic heterocycles. The van der Waals surface area contributed by atoms with E-state index in [1.165, 1.54) is 0 Å². The number of rotatable bonds is 3. The molecule has 1 aliphatic heterocycles. The zero-order valence-corrected chi connectivity index (χ0v) is 13.3. The average molecular weight is 340 g/mol. The average Bonchev–Trinajstić information content (AvgIpc) is 3.00. The highest BCUT2D eigenvalue weighted by atomic mass is 35.5. The van der Waals surface area contributed by atoms with Crippen LogP contribution >= 0.6 is 23.2 Å². The van der Waals surface area contributed by atoms with Gasteiger partial charge in [-0.25, -0.2) is 4.98 Å². The normalized spacial score (nSPS) is 15.2. The van der Waals surface area contributed by atoms with Gasteiger partial charge in [-0.15, -0.1) is 0 Å². The smallest absolute Gasteiger partial charge is 0.244 e. The Bertz CT molecular complexity index is 653.